The maximum absolute atomic E-state index is 13.1. The molecule has 1 heterocycles. The minimum Gasteiger partial charge on any atom is -0.492 e. The summed E-state index contributed by atoms with van der Waals surface area (Å²) < 4.78 is 51.4. The molecule has 0 saturated carbocycles. The number of aromatic nitrogens is 1. The normalized spacial score (nSPS) is 11.6. The lowest BCUT2D eigenvalue weighted by molar-refractivity contribution is -0.116. The Kier molecular flexibility index (Phi) is 8.41. The lowest BCUT2D eigenvalue weighted by Crippen LogP contribution is -2.30. The van der Waals surface area contributed by atoms with Crippen LogP contribution in [0.3, 0.4) is 0 Å². The molecule has 1 N–H and O–H groups in total. The Hall–Kier alpha value is -3.24. The van der Waals surface area contributed by atoms with E-state index in [4.69, 9.17) is 9.15 Å². The Morgan fingerprint density at radius 2 is 1.82 bits per heavy atom. The van der Waals surface area contributed by atoms with Crippen molar-refractivity contribution in [3.8, 4) is 17.1 Å². The van der Waals surface area contributed by atoms with Gasteiger partial charge in [-0.1, -0.05) is 13.8 Å². The van der Waals surface area contributed by atoms with Crippen LogP contribution >= 0.6 is 0 Å². The number of anilines is 1. The summed E-state index contributed by atoms with van der Waals surface area (Å²) in [6.45, 7) is 6.36. The molecule has 0 unspecified atom stereocenters. The number of benzene rings is 2. The van der Waals surface area contributed by atoms with Gasteiger partial charge in [-0.05, 0) is 49.4 Å². The van der Waals surface area contributed by atoms with Crippen LogP contribution in [0.4, 0.5) is 10.1 Å². The summed E-state index contributed by atoms with van der Waals surface area (Å²) in [6, 6.07) is 10.2. The van der Waals surface area contributed by atoms with Crippen LogP contribution in [0.1, 0.15) is 33.1 Å². The van der Waals surface area contributed by atoms with Crippen LogP contribution in [-0.2, 0) is 21.2 Å². The standard InChI is InChI=1S/C24H28FN3O5S/c1-4-28(5-2)34(30,31)19-11-12-21(32-6-3)20(15-19)27-23(29)13-14-24-26-16-22(33-24)17-7-9-18(25)10-8-17/h7-12,15-16H,4-6,13-14H2,1-3H3,(H,27,29). The summed E-state index contributed by atoms with van der Waals surface area (Å²) in [6.07, 6.45) is 1.81. The topological polar surface area (TPSA) is 102 Å². The highest BCUT2D eigenvalue weighted by Gasteiger charge is 2.23. The molecule has 0 aliphatic rings. The first kappa shape index (κ1) is 25.4. The second kappa shape index (κ2) is 11.3. The third-order valence-electron chi connectivity index (χ3n) is 5.12. The van der Waals surface area contributed by atoms with Crippen LogP contribution in [0.2, 0.25) is 0 Å². The number of hydrogen-bond acceptors (Lipinski definition) is 6. The van der Waals surface area contributed by atoms with Gasteiger partial charge < -0.3 is 14.5 Å². The van der Waals surface area contributed by atoms with E-state index in [2.05, 4.69) is 10.3 Å². The summed E-state index contributed by atoms with van der Waals surface area (Å²) in [7, 11) is -3.69. The first-order chi connectivity index (χ1) is 16.3. The largest absolute Gasteiger partial charge is 0.492 e. The van der Waals surface area contributed by atoms with Crippen LogP contribution in [0.5, 0.6) is 5.75 Å². The number of rotatable bonds is 11. The molecule has 0 aliphatic heterocycles. The van der Waals surface area contributed by atoms with E-state index in [1.165, 1.54) is 34.8 Å². The second-order valence-corrected chi connectivity index (χ2v) is 9.29. The van der Waals surface area contributed by atoms with Crippen LogP contribution in [0.25, 0.3) is 11.3 Å². The van der Waals surface area contributed by atoms with Gasteiger partial charge in [-0.3, -0.25) is 4.79 Å². The van der Waals surface area contributed by atoms with E-state index in [1.54, 1.807) is 39.0 Å². The van der Waals surface area contributed by atoms with E-state index in [9.17, 15) is 17.6 Å². The quantitative estimate of drug-likeness (QED) is 0.426. The number of nitrogens with zero attached hydrogens (tertiary/aromatic N) is 2. The number of hydrogen-bond donors (Lipinski definition) is 1. The summed E-state index contributed by atoms with van der Waals surface area (Å²) in [5.41, 5.74) is 0.955. The van der Waals surface area contributed by atoms with Gasteiger partial charge in [0.05, 0.1) is 23.4 Å². The SMILES string of the molecule is CCOc1ccc(S(=O)(=O)N(CC)CC)cc1NC(=O)CCc1ncc(-c2ccc(F)cc2)o1. The van der Waals surface area contributed by atoms with E-state index in [-0.39, 0.29) is 35.1 Å². The molecule has 3 aromatic rings. The highest BCUT2D eigenvalue weighted by molar-refractivity contribution is 7.89. The Balaban J connectivity index is 1.71. The average Bonchev–Trinajstić information content (AvgIpc) is 3.29. The molecule has 0 fully saturated rings. The number of aryl methyl sites for hydroxylation is 1. The zero-order valence-electron chi connectivity index (χ0n) is 19.4. The fraction of sp³-hybridized carbons (Fsp3) is 0.333. The number of sulfonamides is 1. The van der Waals surface area contributed by atoms with Crippen molar-refractivity contribution in [1.29, 1.82) is 0 Å². The van der Waals surface area contributed by atoms with Gasteiger partial charge in [0.25, 0.3) is 0 Å². The summed E-state index contributed by atoms with van der Waals surface area (Å²) in [4.78, 5) is 16.9. The van der Waals surface area contributed by atoms with Crippen LogP contribution in [0.15, 0.2) is 58.0 Å². The Bertz CT molecular complexity index is 1220. The van der Waals surface area contributed by atoms with Crippen molar-refractivity contribution >= 4 is 21.6 Å². The number of halogens is 1. The van der Waals surface area contributed by atoms with Gasteiger partial charge in [-0.15, -0.1) is 0 Å². The first-order valence-electron chi connectivity index (χ1n) is 11.1. The molecule has 3 rings (SSSR count). The van der Waals surface area contributed by atoms with Crippen molar-refractivity contribution in [2.24, 2.45) is 0 Å². The van der Waals surface area contributed by atoms with E-state index < -0.39 is 10.0 Å². The lowest BCUT2D eigenvalue weighted by atomic mass is 10.2. The van der Waals surface area contributed by atoms with Crippen LogP contribution in [0, 0.1) is 5.82 Å². The van der Waals surface area contributed by atoms with E-state index in [0.29, 0.717) is 42.7 Å². The molecule has 10 heteroatoms. The predicted octanol–water partition coefficient (Wildman–Crippen LogP) is 4.48. The molecule has 1 amide bonds. The average molecular weight is 490 g/mol. The highest BCUT2D eigenvalue weighted by atomic mass is 32.2. The summed E-state index contributed by atoms with van der Waals surface area (Å²) >= 11 is 0. The number of nitrogens with one attached hydrogen (secondary N) is 1. The smallest absolute Gasteiger partial charge is 0.243 e. The minimum absolute atomic E-state index is 0.0575. The molecule has 0 atom stereocenters. The Morgan fingerprint density at radius 3 is 2.47 bits per heavy atom. The van der Waals surface area contributed by atoms with Gasteiger partial charge >= 0.3 is 0 Å². The molecule has 0 saturated heterocycles. The van der Waals surface area contributed by atoms with E-state index in [0.717, 1.165) is 0 Å². The maximum Gasteiger partial charge on any atom is 0.243 e. The maximum atomic E-state index is 13.1. The monoisotopic (exact) mass is 489 g/mol. The fourth-order valence-corrected chi connectivity index (χ4v) is 4.85. The number of carbonyl (C=O) groups is 1. The molecule has 0 aliphatic carbocycles. The number of oxazole rings is 1. The predicted molar refractivity (Wildman–Crippen MR) is 127 cm³/mol. The first-order valence-corrected chi connectivity index (χ1v) is 12.5. The second-order valence-electron chi connectivity index (χ2n) is 7.35. The summed E-state index contributed by atoms with van der Waals surface area (Å²) in [5.74, 6) is 0.519. The van der Waals surface area contributed by atoms with Gasteiger partial charge in [0.15, 0.2) is 11.7 Å². The zero-order chi connectivity index (χ0) is 24.7. The van der Waals surface area contributed by atoms with Crippen molar-refractivity contribution < 1.29 is 26.8 Å². The molecular formula is C24H28FN3O5S. The third kappa shape index (κ3) is 6.00. The van der Waals surface area contributed by atoms with Crippen LogP contribution < -0.4 is 10.1 Å². The molecule has 2 aromatic carbocycles. The number of amides is 1. The lowest BCUT2D eigenvalue weighted by Gasteiger charge is -2.20. The van der Waals surface area contributed by atoms with Crippen molar-refractivity contribution in [2.75, 3.05) is 25.0 Å². The van der Waals surface area contributed by atoms with Crippen molar-refractivity contribution in [2.45, 2.75) is 38.5 Å². The third-order valence-corrected chi connectivity index (χ3v) is 7.16. The minimum atomic E-state index is -3.69. The van der Waals surface area contributed by atoms with Crippen molar-refractivity contribution in [3.05, 3.63) is 60.4 Å². The van der Waals surface area contributed by atoms with Crippen molar-refractivity contribution in [1.82, 2.24) is 9.29 Å². The molecule has 0 spiro atoms. The van der Waals surface area contributed by atoms with Crippen LogP contribution in [-0.4, -0.2) is 43.3 Å². The van der Waals surface area contributed by atoms with Gasteiger partial charge in [0, 0.05) is 31.5 Å². The van der Waals surface area contributed by atoms with Gasteiger partial charge in [-0.2, -0.15) is 4.31 Å². The highest BCUT2D eigenvalue weighted by Crippen LogP contribution is 2.29. The molecule has 0 radical (unpaired) electrons. The molecule has 182 valence electrons. The van der Waals surface area contributed by atoms with Gasteiger partial charge in [0.1, 0.15) is 11.6 Å². The molecule has 8 nitrogen and oxygen atoms in total. The zero-order valence-corrected chi connectivity index (χ0v) is 20.2. The molecule has 0 bridgehead atoms. The number of ether oxygens (including phenoxy) is 1. The summed E-state index contributed by atoms with van der Waals surface area (Å²) in [5, 5.41) is 2.74. The molecular weight excluding hydrogens is 461 g/mol. The number of carbonyl (C=O) groups excluding carboxylic acids is 1. The molecule has 1 aromatic heterocycles. The van der Waals surface area contributed by atoms with Gasteiger partial charge in [0.2, 0.25) is 15.9 Å². The van der Waals surface area contributed by atoms with E-state index >= 15 is 0 Å². The molecule has 34 heavy (non-hydrogen) atoms. The Labute approximate surface area is 198 Å². The van der Waals surface area contributed by atoms with E-state index in [1.807, 2.05) is 0 Å². The van der Waals surface area contributed by atoms with Crippen molar-refractivity contribution in [3.63, 3.8) is 0 Å². The fourth-order valence-electron chi connectivity index (χ4n) is 3.37. The van der Waals surface area contributed by atoms with Gasteiger partial charge in [-0.25, -0.2) is 17.8 Å². The Morgan fingerprint density at radius 1 is 1.12 bits per heavy atom.